The van der Waals surface area contributed by atoms with Crippen molar-refractivity contribution in [3.05, 3.63) is 69.2 Å². The van der Waals surface area contributed by atoms with E-state index in [1.165, 1.54) is 23.9 Å². The van der Waals surface area contributed by atoms with E-state index in [9.17, 15) is 14.9 Å². The molecular formula is C20H19ClN6O3S. The molecule has 3 aromatic rings. The number of halogens is 1. The molecule has 0 bridgehead atoms. The van der Waals surface area contributed by atoms with Crippen LogP contribution in [-0.4, -0.2) is 37.1 Å². The third-order valence-corrected chi connectivity index (χ3v) is 5.53. The van der Waals surface area contributed by atoms with Crippen LogP contribution in [0.1, 0.15) is 19.4 Å². The second-order valence-electron chi connectivity index (χ2n) is 6.38. The van der Waals surface area contributed by atoms with Crippen molar-refractivity contribution in [2.45, 2.75) is 25.5 Å². The standard InChI is InChI=1S/C20H19ClN6O3S/c1-3-26-19(15-4-8-16(21)9-5-15)24-25-20(26)31-12-18(28)23-22-13(2)14-6-10-17(11-7-14)27(29)30/h4-11H,3,12H2,1-2H3,(H,23,28)/b22-13+. The van der Waals surface area contributed by atoms with Crippen LogP contribution in [0.2, 0.25) is 5.02 Å². The van der Waals surface area contributed by atoms with Gasteiger partial charge in [0.1, 0.15) is 0 Å². The highest BCUT2D eigenvalue weighted by Gasteiger charge is 2.14. The molecule has 11 heteroatoms. The third kappa shape index (κ3) is 5.68. The van der Waals surface area contributed by atoms with Gasteiger partial charge in [-0.05, 0) is 55.8 Å². The van der Waals surface area contributed by atoms with Crippen molar-refractivity contribution in [1.29, 1.82) is 0 Å². The molecule has 0 radical (unpaired) electrons. The minimum atomic E-state index is -0.470. The van der Waals surface area contributed by atoms with Crippen LogP contribution < -0.4 is 5.43 Å². The van der Waals surface area contributed by atoms with Crippen molar-refractivity contribution in [2.75, 3.05) is 5.75 Å². The van der Waals surface area contributed by atoms with Crippen LogP contribution in [-0.2, 0) is 11.3 Å². The van der Waals surface area contributed by atoms with Gasteiger partial charge in [0.15, 0.2) is 11.0 Å². The summed E-state index contributed by atoms with van der Waals surface area (Å²) in [7, 11) is 0. The number of carbonyl (C=O) groups is 1. The third-order valence-electron chi connectivity index (χ3n) is 4.31. The molecule has 9 nitrogen and oxygen atoms in total. The van der Waals surface area contributed by atoms with Crippen molar-refractivity contribution in [3.63, 3.8) is 0 Å². The first kappa shape index (κ1) is 22.4. The van der Waals surface area contributed by atoms with Crippen LogP contribution in [0.3, 0.4) is 0 Å². The molecule has 0 aliphatic rings. The Balaban J connectivity index is 1.61. The molecular weight excluding hydrogens is 440 g/mol. The normalized spacial score (nSPS) is 11.4. The number of hydrazone groups is 1. The summed E-state index contributed by atoms with van der Waals surface area (Å²) < 4.78 is 1.92. The van der Waals surface area contributed by atoms with Crippen LogP contribution in [0.5, 0.6) is 0 Å². The lowest BCUT2D eigenvalue weighted by Gasteiger charge is -2.07. The zero-order valence-electron chi connectivity index (χ0n) is 16.8. The minimum Gasteiger partial charge on any atom is -0.302 e. The van der Waals surface area contributed by atoms with Crippen LogP contribution in [0, 0.1) is 10.1 Å². The summed E-state index contributed by atoms with van der Waals surface area (Å²) in [4.78, 5) is 22.5. The van der Waals surface area contributed by atoms with E-state index in [1.54, 1.807) is 31.2 Å². The van der Waals surface area contributed by atoms with Gasteiger partial charge in [-0.15, -0.1) is 10.2 Å². The van der Waals surface area contributed by atoms with Gasteiger partial charge in [0, 0.05) is 29.3 Å². The average molecular weight is 459 g/mol. The van der Waals surface area contributed by atoms with Gasteiger partial charge in [0.2, 0.25) is 0 Å². The summed E-state index contributed by atoms with van der Waals surface area (Å²) in [6, 6.07) is 13.3. The van der Waals surface area contributed by atoms with Crippen LogP contribution in [0.4, 0.5) is 5.69 Å². The van der Waals surface area contributed by atoms with E-state index in [0.717, 1.165) is 5.56 Å². The quantitative estimate of drug-likeness (QED) is 0.234. The number of benzene rings is 2. The monoisotopic (exact) mass is 458 g/mol. The molecule has 1 N–H and O–H groups in total. The number of amides is 1. The Morgan fingerprint density at radius 1 is 1.19 bits per heavy atom. The first-order valence-electron chi connectivity index (χ1n) is 9.29. The number of nitrogens with zero attached hydrogens (tertiary/aromatic N) is 5. The van der Waals surface area contributed by atoms with Gasteiger partial charge in [-0.3, -0.25) is 14.9 Å². The maximum absolute atomic E-state index is 12.2. The van der Waals surface area contributed by atoms with Crippen LogP contribution >= 0.6 is 23.4 Å². The predicted octanol–water partition coefficient (Wildman–Crippen LogP) is 4.16. The Kier molecular flexibility index (Phi) is 7.37. The van der Waals surface area contributed by atoms with Gasteiger partial charge in [-0.25, -0.2) is 5.43 Å². The van der Waals surface area contributed by atoms with Crippen LogP contribution in [0.25, 0.3) is 11.4 Å². The highest BCUT2D eigenvalue weighted by Crippen LogP contribution is 2.25. The maximum Gasteiger partial charge on any atom is 0.269 e. The number of nitro benzene ring substituents is 1. The van der Waals surface area contributed by atoms with Crippen molar-refractivity contribution >= 4 is 40.7 Å². The average Bonchev–Trinajstić information content (AvgIpc) is 3.19. The van der Waals surface area contributed by atoms with Crippen molar-refractivity contribution in [2.24, 2.45) is 5.10 Å². The van der Waals surface area contributed by atoms with Crippen molar-refractivity contribution in [3.8, 4) is 11.4 Å². The number of non-ortho nitro benzene ring substituents is 1. The highest BCUT2D eigenvalue weighted by atomic mass is 35.5. The maximum atomic E-state index is 12.2. The van der Waals surface area contributed by atoms with Gasteiger partial charge in [-0.1, -0.05) is 23.4 Å². The van der Waals surface area contributed by atoms with Crippen LogP contribution in [0.15, 0.2) is 58.8 Å². The summed E-state index contributed by atoms with van der Waals surface area (Å²) in [5.74, 6) is 0.509. The largest absolute Gasteiger partial charge is 0.302 e. The molecule has 0 unspecified atom stereocenters. The molecule has 3 rings (SSSR count). The van der Waals surface area contributed by atoms with E-state index in [4.69, 9.17) is 11.6 Å². The Labute approximate surface area is 187 Å². The van der Waals surface area contributed by atoms with E-state index in [1.807, 2.05) is 23.6 Å². The van der Waals surface area contributed by atoms with E-state index in [0.29, 0.717) is 33.8 Å². The molecule has 0 spiro atoms. The fourth-order valence-corrected chi connectivity index (χ4v) is 3.61. The second-order valence-corrected chi connectivity index (χ2v) is 7.76. The van der Waals surface area contributed by atoms with E-state index in [-0.39, 0.29) is 17.3 Å². The molecule has 0 aliphatic carbocycles. The molecule has 1 amide bonds. The number of hydrogen-bond donors (Lipinski definition) is 1. The summed E-state index contributed by atoms with van der Waals surface area (Å²) >= 11 is 7.20. The Morgan fingerprint density at radius 2 is 1.87 bits per heavy atom. The number of carbonyl (C=O) groups excluding carboxylic acids is 1. The number of nitro groups is 1. The highest BCUT2D eigenvalue weighted by molar-refractivity contribution is 7.99. The number of hydrogen-bond acceptors (Lipinski definition) is 7. The SMILES string of the molecule is CCn1c(SCC(=O)N/N=C(\C)c2ccc([N+](=O)[O-])cc2)nnc1-c1ccc(Cl)cc1. The lowest BCUT2D eigenvalue weighted by Crippen LogP contribution is -2.21. The Bertz CT molecular complexity index is 1110. The molecule has 0 saturated carbocycles. The molecule has 0 atom stereocenters. The van der Waals surface area contributed by atoms with Gasteiger partial charge in [0.05, 0.1) is 16.4 Å². The molecule has 1 aromatic heterocycles. The molecule has 31 heavy (non-hydrogen) atoms. The lowest BCUT2D eigenvalue weighted by atomic mass is 10.1. The Hall–Kier alpha value is -3.24. The van der Waals surface area contributed by atoms with Gasteiger partial charge >= 0.3 is 0 Å². The van der Waals surface area contributed by atoms with Gasteiger partial charge in [-0.2, -0.15) is 5.10 Å². The van der Waals surface area contributed by atoms with Crippen molar-refractivity contribution in [1.82, 2.24) is 20.2 Å². The second kappa shape index (κ2) is 10.2. The zero-order valence-corrected chi connectivity index (χ0v) is 18.4. The number of thioether (sulfide) groups is 1. The number of rotatable bonds is 8. The van der Waals surface area contributed by atoms with E-state index < -0.39 is 4.92 Å². The Morgan fingerprint density at radius 3 is 2.48 bits per heavy atom. The first-order valence-corrected chi connectivity index (χ1v) is 10.6. The van der Waals surface area contributed by atoms with Gasteiger partial charge in [0.25, 0.3) is 11.6 Å². The predicted molar refractivity (Wildman–Crippen MR) is 120 cm³/mol. The zero-order chi connectivity index (χ0) is 22.4. The smallest absolute Gasteiger partial charge is 0.269 e. The molecule has 0 fully saturated rings. The first-order chi connectivity index (χ1) is 14.9. The van der Waals surface area contributed by atoms with Crippen molar-refractivity contribution < 1.29 is 9.72 Å². The molecule has 0 saturated heterocycles. The summed E-state index contributed by atoms with van der Waals surface area (Å²) in [6.07, 6.45) is 0. The van der Waals surface area contributed by atoms with Gasteiger partial charge < -0.3 is 4.57 Å². The van der Waals surface area contributed by atoms with E-state index in [2.05, 4.69) is 20.7 Å². The molecule has 0 aliphatic heterocycles. The van der Waals surface area contributed by atoms with E-state index >= 15 is 0 Å². The molecule has 160 valence electrons. The molecule has 2 aromatic carbocycles. The number of nitrogens with one attached hydrogen (secondary N) is 1. The molecule has 1 heterocycles. The summed E-state index contributed by atoms with van der Waals surface area (Å²) in [5.41, 5.74) is 4.59. The topological polar surface area (TPSA) is 115 Å². The fraction of sp³-hybridized carbons (Fsp3) is 0.200. The number of aromatic nitrogens is 3. The summed E-state index contributed by atoms with van der Waals surface area (Å²) in [5, 5.41) is 24.5. The lowest BCUT2D eigenvalue weighted by molar-refractivity contribution is -0.384. The fourth-order valence-electron chi connectivity index (χ4n) is 2.69. The summed E-state index contributed by atoms with van der Waals surface area (Å²) in [6.45, 7) is 4.33. The minimum absolute atomic E-state index is 0.00464.